The van der Waals surface area contributed by atoms with Crippen molar-refractivity contribution in [2.24, 2.45) is 4.99 Å². The number of hydrogen-bond acceptors (Lipinski definition) is 3. The van der Waals surface area contributed by atoms with Gasteiger partial charge < -0.3 is 15.1 Å². The van der Waals surface area contributed by atoms with Gasteiger partial charge in [0.25, 0.3) is 0 Å². The molecule has 29 heavy (non-hydrogen) atoms. The van der Waals surface area contributed by atoms with E-state index in [-0.39, 0.29) is 29.9 Å². The molecule has 0 spiro atoms. The number of piperazine rings is 1. The van der Waals surface area contributed by atoms with Crippen LogP contribution in [0.25, 0.3) is 0 Å². The van der Waals surface area contributed by atoms with Gasteiger partial charge in [0.1, 0.15) is 0 Å². The molecule has 6 nitrogen and oxygen atoms in total. The van der Waals surface area contributed by atoms with Crippen LogP contribution in [-0.2, 0) is 17.8 Å². The molecular weight excluding hydrogens is 501 g/mol. The lowest BCUT2D eigenvalue weighted by Gasteiger charge is -2.36. The number of nitrogens with zero attached hydrogens (tertiary/aromatic N) is 4. The van der Waals surface area contributed by atoms with Crippen LogP contribution in [0.5, 0.6) is 0 Å². The van der Waals surface area contributed by atoms with E-state index in [4.69, 9.17) is 16.6 Å². The fourth-order valence-corrected chi connectivity index (χ4v) is 3.26. The van der Waals surface area contributed by atoms with Crippen LogP contribution in [0.2, 0.25) is 5.02 Å². The molecule has 0 radical (unpaired) electrons. The molecule has 1 aromatic heterocycles. The molecule has 0 saturated carbocycles. The summed E-state index contributed by atoms with van der Waals surface area (Å²) in [5, 5.41) is 4.01. The fraction of sp³-hybridized carbons (Fsp3) is 0.381. The van der Waals surface area contributed by atoms with Crippen LogP contribution in [0.3, 0.4) is 0 Å². The summed E-state index contributed by atoms with van der Waals surface area (Å²) in [6, 6.07) is 11.6. The van der Waals surface area contributed by atoms with Crippen molar-refractivity contribution in [1.82, 2.24) is 20.1 Å². The van der Waals surface area contributed by atoms with E-state index in [9.17, 15) is 4.79 Å². The SMILES string of the molecule is CCNC(=NCCc1cccnc1)N1CCN(Cc2ccc(Cl)cc2)C(=O)C1.I. The number of aliphatic imine (C=N–C) groups is 1. The van der Waals surface area contributed by atoms with Gasteiger partial charge in [-0.2, -0.15) is 0 Å². The summed E-state index contributed by atoms with van der Waals surface area (Å²) < 4.78 is 0. The number of rotatable bonds is 6. The Hall–Kier alpha value is -1.87. The highest BCUT2D eigenvalue weighted by atomic mass is 127. The Morgan fingerprint density at radius 3 is 2.66 bits per heavy atom. The summed E-state index contributed by atoms with van der Waals surface area (Å²) in [5.41, 5.74) is 2.24. The summed E-state index contributed by atoms with van der Waals surface area (Å²) in [6.07, 6.45) is 4.46. The minimum atomic E-state index is 0. The number of hydrogen-bond donors (Lipinski definition) is 1. The van der Waals surface area contributed by atoms with E-state index in [1.807, 2.05) is 53.3 Å². The first-order valence-electron chi connectivity index (χ1n) is 9.60. The van der Waals surface area contributed by atoms with Gasteiger partial charge in [-0.15, -0.1) is 24.0 Å². The minimum Gasteiger partial charge on any atom is -0.357 e. The van der Waals surface area contributed by atoms with Crippen molar-refractivity contribution in [2.75, 3.05) is 32.7 Å². The molecule has 2 aromatic rings. The van der Waals surface area contributed by atoms with Gasteiger partial charge in [0, 0.05) is 50.1 Å². The van der Waals surface area contributed by atoms with E-state index in [1.165, 1.54) is 0 Å². The molecule has 3 rings (SSSR count). The zero-order valence-electron chi connectivity index (χ0n) is 16.6. The van der Waals surface area contributed by atoms with Crippen molar-refractivity contribution in [3.05, 3.63) is 64.9 Å². The van der Waals surface area contributed by atoms with Crippen molar-refractivity contribution in [3.63, 3.8) is 0 Å². The van der Waals surface area contributed by atoms with Gasteiger partial charge in [-0.1, -0.05) is 29.8 Å². The van der Waals surface area contributed by atoms with Crippen molar-refractivity contribution in [3.8, 4) is 0 Å². The molecule has 1 aliphatic rings. The standard InChI is InChI=1S/C21H26ClN5O.HI/c1-2-24-21(25-11-9-17-4-3-10-23-14-17)27-13-12-26(20(28)16-27)15-18-5-7-19(22)8-6-18;/h3-8,10,14H,2,9,11-13,15-16H2,1H3,(H,24,25);1H. The average molecular weight is 528 g/mol. The molecule has 8 heteroatoms. The Labute approximate surface area is 194 Å². The normalized spacial score (nSPS) is 14.6. The van der Waals surface area contributed by atoms with Crippen molar-refractivity contribution in [1.29, 1.82) is 0 Å². The lowest BCUT2D eigenvalue weighted by atomic mass is 10.2. The first kappa shape index (κ1) is 23.4. The van der Waals surface area contributed by atoms with Crippen LogP contribution in [-0.4, -0.2) is 59.4 Å². The molecule has 1 fully saturated rings. The summed E-state index contributed by atoms with van der Waals surface area (Å²) >= 11 is 5.94. The third-order valence-corrected chi connectivity index (χ3v) is 4.88. The van der Waals surface area contributed by atoms with Crippen LogP contribution in [0.15, 0.2) is 53.8 Å². The first-order valence-corrected chi connectivity index (χ1v) is 9.98. The second kappa shape index (κ2) is 12.0. The Morgan fingerprint density at radius 1 is 1.21 bits per heavy atom. The number of amides is 1. The topological polar surface area (TPSA) is 60.8 Å². The van der Waals surface area contributed by atoms with Gasteiger partial charge in [0.15, 0.2) is 5.96 Å². The Morgan fingerprint density at radius 2 is 2.00 bits per heavy atom. The highest BCUT2D eigenvalue weighted by Gasteiger charge is 2.25. The third-order valence-electron chi connectivity index (χ3n) is 4.62. The number of guanidine groups is 1. The molecular formula is C21H27ClIN5O. The molecule has 1 saturated heterocycles. The zero-order valence-corrected chi connectivity index (χ0v) is 19.6. The number of carbonyl (C=O) groups excluding carboxylic acids is 1. The second-order valence-corrected chi connectivity index (χ2v) is 7.15. The summed E-state index contributed by atoms with van der Waals surface area (Å²) in [4.78, 5) is 25.4. The minimum absolute atomic E-state index is 0. The number of halogens is 2. The van der Waals surface area contributed by atoms with E-state index in [0.717, 1.165) is 36.6 Å². The molecule has 0 aliphatic carbocycles. The lowest BCUT2D eigenvalue weighted by Crippen LogP contribution is -2.55. The van der Waals surface area contributed by atoms with Gasteiger partial charge in [-0.05, 0) is 42.7 Å². The van der Waals surface area contributed by atoms with Crippen LogP contribution in [0, 0.1) is 0 Å². The van der Waals surface area contributed by atoms with E-state index in [2.05, 4.69) is 16.4 Å². The van der Waals surface area contributed by atoms with Crippen molar-refractivity contribution >= 4 is 47.4 Å². The van der Waals surface area contributed by atoms with Crippen LogP contribution >= 0.6 is 35.6 Å². The van der Waals surface area contributed by atoms with Crippen LogP contribution in [0.4, 0.5) is 0 Å². The monoisotopic (exact) mass is 527 g/mol. The predicted molar refractivity (Wildman–Crippen MR) is 128 cm³/mol. The van der Waals surface area contributed by atoms with E-state index in [0.29, 0.717) is 31.2 Å². The van der Waals surface area contributed by atoms with Crippen molar-refractivity contribution in [2.45, 2.75) is 19.9 Å². The number of aromatic nitrogens is 1. The van der Waals surface area contributed by atoms with Gasteiger partial charge in [0.05, 0.1) is 6.54 Å². The van der Waals surface area contributed by atoms with Crippen LogP contribution < -0.4 is 5.32 Å². The first-order chi connectivity index (χ1) is 13.7. The quantitative estimate of drug-likeness (QED) is 0.356. The maximum absolute atomic E-state index is 12.6. The van der Waals surface area contributed by atoms with E-state index in [1.54, 1.807) is 6.20 Å². The Balaban J connectivity index is 0.00000300. The molecule has 0 atom stereocenters. The smallest absolute Gasteiger partial charge is 0.242 e. The number of pyridine rings is 1. The molecule has 1 aliphatic heterocycles. The summed E-state index contributed by atoms with van der Waals surface area (Å²) in [5.74, 6) is 0.907. The van der Waals surface area contributed by atoms with Gasteiger partial charge in [-0.3, -0.25) is 14.8 Å². The third kappa shape index (κ3) is 7.15. The molecule has 2 heterocycles. The average Bonchev–Trinajstić information content (AvgIpc) is 2.71. The van der Waals surface area contributed by atoms with Gasteiger partial charge in [-0.25, -0.2) is 0 Å². The molecule has 156 valence electrons. The Kier molecular flexibility index (Phi) is 9.66. The van der Waals surface area contributed by atoms with E-state index < -0.39 is 0 Å². The summed E-state index contributed by atoms with van der Waals surface area (Å²) in [6.45, 7) is 5.85. The predicted octanol–water partition coefficient (Wildman–Crippen LogP) is 3.21. The highest BCUT2D eigenvalue weighted by molar-refractivity contribution is 14.0. The number of carbonyl (C=O) groups is 1. The lowest BCUT2D eigenvalue weighted by molar-refractivity contribution is -0.135. The molecule has 1 amide bonds. The molecule has 1 aromatic carbocycles. The molecule has 0 bridgehead atoms. The Bertz CT molecular complexity index is 800. The highest BCUT2D eigenvalue weighted by Crippen LogP contribution is 2.13. The maximum atomic E-state index is 12.6. The largest absolute Gasteiger partial charge is 0.357 e. The second-order valence-electron chi connectivity index (χ2n) is 6.71. The van der Waals surface area contributed by atoms with E-state index >= 15 is 0 Å². The summed E-state index contributed by atoms with van der Waals surface area (Å²) in [7, 11) is 0. The number of benzene rings is 1. The van der Waals surface area contributed by atoms with Crippen molar-refractivity contribution < 1.29 is 4.79 Å². The molecule has 0 unspecified atom stereocenters. The molecule has 1 N–H and O–H groups in total. The number of nitrogens with one attached hydrogen (secondary N) is 1. The van der Waals surface area contributed by atoms with Gasteiger partial charge >= 0.3 is 0 Å². The zero-order chi connectivity index (χ0) is 19.8. The van der Waals surface area contributed by atoms with Crippen LogP contribution in [0.1, 0.15) is 18.1 Å². The maximum Gasteiger partial charge on any atom is 0.242 e. The fourth-order valence-electron chi connectivity index (χ4n) is 3.13. The van der Waals surface area contributed by atoms with Gasteiger partial charge in [0.2, 0.25) is 5.91 Å².